The Morgan fingerprint density at radius 3 is 2.71 bits per heavy atom. The number of fused-ring (bicyclic) bond motifs is 1. The lowest BCUT2D eigenvalue weighted by Crippen LogP contribution is -2.01. The third-order valence-electron chi connectivity index (χ3n) is 5.13. The van der Waals surface area contributed by atoms with Gasteiger partial charge in [-0.1, -0.05) is 12.1 Å². The van der Waals surface area contributed by atoms with Crippen LogP contribution in [0.3, 0.4) is 0 Å². The summed E-state index contributed by atoms with van der Waals surface area (Å²) in [5.74, 6) is 1.10. The maximum atomic E-state index is 10.8. The van der Waals surface area contributed by atoms with Crippen molar-refractivity contribution in [3.63, 3.8) is 0 Å². The molecule has 0 spiro atoms. The first-order valence-electron chi connectivity index (χ1n) is 10.2. The van der Waals surface area contributed by atoms with E-state index in [1.807, 2.05) is 47.0 Å². The normalized spacial score (nSPS) is 11.3. The lowest BCUT2D eigenvalue weighted by atomic mass is 10.1. The van der Waals surface area contributed by atoms with Gasteiger partial charge in [0.1, 0.15) is 6.61 Å². The number of para-hydroxylation sites is 2. The van der Waals surface area contributed by atoms with Gasteiger partial charge in [0, 0.05) is 17.7 Å². The Morgan fingerprint density at radius 1 is 1.24 bits per heavy atom. The Morgan fingerprint density at radius 2 is 2.00 bits per heavy atom. The highest BCUT2D eigenvalue weighted by Crippen LogP contribution is 2.35. The fraction of sp³-hybridized carbons (Fsp3) is 0.120. The van der Waals surface area contributed by atoms with Crippen LogP contribution in [-0.4, -0.2) is 21.6 Å². The van der Waals surface area contributed by atoms with E-state index in [1.165, 1.54) is 12.1 Å². The molecule has 0 bridgehead atoms. The molecule has 4 aromatic rings. The van der Waals surface area contributed by atoms with Crippen LogP contribution in [0, 0.1) is 25.0 Å². The molecule has 0 atom stereocenters. The Bertz CT molecular complexity index is 1420. The number of hydrogen-bond acceptors (Lipinski definition) is 6. The molecule has 0 aliphatic heterocycles. The molecule has 0 unspecified atom stereocenters. The number of ether oxygens (including phenoxy) is 2. The first-order valence-corrected chi connectivity index (χ1v) is 11.3. The molecule has 34 heavy (non-hydrogen) atoms. The number of allylic oxidation sites excluding steroid dienone is 1. The van der Waals surface area contributed by atoms with E-state index in [2.05, 4.69) is 33.6 Å². The van der Waals surface area contributed by atoms with Crippen LogP contribution in [0.15, 0.2) is 72.6 Å². The average molecular weight is 566 g/mol. The van der Waals surface area contributed by atoms with Crippen molar-refractivity contribution in [2.24, 2.45) is 0 Å². The zero-order chi connectivity index (χ0) is 24.1. The number of nitriles is 1. The molecule has 8 nitrogen and oxygen atoms in total. The molecule has 0 saturated carbocycles. The van der Waals surface area contributed by atoms with Crippen LogP contribution >= 0.6 is 22.6 Å². The Labute approximate surface area is 209 Å². The van der Waals surface area contributed by atoms with E-state index >= 15 is 0 Å². The number of rotatable bonds is 8. The quantitative estimate of drug-likeness (QED) is 0.117. The second-order valence-corrected chi connectivity index (χ2v) is 8.55. The van der Waals surface area contributed by atoms with Crippen molar-refractivity contribution in [1.82, 2.24) is 9.55 Å². The average Bonchev–Trinajstić information content (AvgIpc) is 3.25. The van der Waals surface area contributed by atoms with Crippen molar-refractivity contribution < 1.29 is 14.4 Å². The maximum Gasteiger partial charge on any atom is 0.269 e. The van der Waals surface area contributed by atoms with Crippen LogP contribution in [0.25, 0.3) is 17.1 Å². The number of hydrogen-bond donors (Lipinski definition) is 0. The molecule has 3 aromatic carbocycles. The molecule has 1 aromatic heterocycles. The van der Waals surface area contributed by atoms with Gasteiger partial charge < -0.3 is 14.0 Å². The zero-order valence-electron chi connectivity index (χ0n) is 18.1. The first kappa shape index (κ1) is 23.3. The van der Waals surface area contributed by atoms with Gasteiger partial charge in [-0.3, -0.25) is 10.1 Å². The van der Waals surface area contributed by atoms with Crippen LogP contribution in [0.1, 0.15) is 11.1 Å². The standard InChI is InChI=1S/C25H19IN4O4/c1-33-24-12-18(10-19(13-27)14-29-16-28-22-4-2-3-5-23(22)29)11-21(26)25(24)34-15-17-6-8-20(9-7-17)30(31)32/h2-12,16H,14-15H2,1H3/b19-10-. The molecule has 0 aliphatic carbocycles. The van der Waals surface area contributed by atoms with Crippen molar-refractivity contribution in [3.05, 3.63) is 97.4 Å². The van der Waals surface area contributed by atoms with Crippen LogP contribution < -0.4 is 9.47 Å². The molecule has 0 fully saturated rings. The van der Waals surface area contributed by atoms with Gasteiger partial charge in [-0.05, 0) is 76.2 Å². The number of methoxy groups -OCH3 is 1. The number of halogens is 1. The van der Waals surface area contributed by atoms with E-state index in [4.69, 9.17) is 9.47 Å². The number of nitro groups is 1. The number of aromatic nitrogens is 2. The first-order chi connectivity index (χ1) is 16.5. The SMILES string of the molecule is COc1cc(/C=C(/C#N)Cn2cnc3ccccc32)cc(I)c1OCc1ccc([N+](=O)[O-])cc1. The Kier molecular flexibility index (Phi) is 7.08. The minimum atomic E-state index is -0.437. The Hall–Kier alpha value is -3.91. The molecule has 170 valence electrons. The van der Waals surface area contributed by atoms with Crippen LogP contribution in [0.5, 0.6) is 11.5 Å². The molecular weight excluding hydrogens is 547 g/mol. The van der Waals surface area contributed by atoms with Gasteiger partial charge in [-0.15, -0.1) is 0 Å². The van der Waals surface area contributed by atoms with Crippen molar-refractivity contribution in [1.29, 1.82) is 5.26 Å². The molecule has 1 heterocycles. The summed E-state index contributed by atoms with van der Waals surface area (Å²) in [6.07, 6.45) is 3.55. The number of nitrogens with zero attached hydrogens (tertiary/aromatic N) is 4. The van der Waals surface area contributed by atoms with Crippen molar-refractivity contribution in [2.75, 3.05) is 7.11 Å². The lowest BCUT2D eigenvalue weighted by Gasteiger charge is -2.14. The fourth-order valence-corrected chi connectivity index (χ4v) is 4.25. The number of imidazole rings is 1. The van der Waals surface area contributed by atoms with E-state index < -0.39 is 4.92 Å². The van der Waals surface area contributed by atoms with E-state index in [-0.39, 0.29) is 12.3 Å². The Balaban J connectivity index is 1.54. The predicted octanol–water partition coefficient (Wildman–Crippen LogP) is 5.74. The molecular formula is C25H19IN4O4. The minimum Gasteiger partial charge on any atom is -0.493 e. The molecule has 0 amide bonds. The summed E-state index contributed by atoms with van der Waals surface area (Å²) in [5, 5.41) is 20.5. The molecule has 0 aliphatic rings. The predicted molar refractivity (Wildman–Crippen MR) is 136 cm³/mol. The van der Waals surface area contributed by atoms with Crippen LogP contribution in [0.2, 0.25) is 0 Å². The topological polar surface area (TPSA) is 103 Å². The lowest BCUT2D eigenvalue weighted by molar-refractivity contribution is -0.384. The number of benzene rings is 3. The van der Waals surface area contributed by atoms with Gasteiger partial charge in [0.05, 0.1) is 45.6 Å². The summed E-state index contributed by atoms with van der Waals surface area (Å²) in [4.78, 5) is 14.8. The highest BCUT2D eigenvalue weighted by Gasteiger charge is 2.13. The van der Waals surface area contributed by atoms with Gasteiger partial charge in [0.2, 0.25) is 0 Å². The van der Waals surface area contributed by atoms with E-state index in [9.17, 15) is 15.4 Å². The van der Waals surface area contributed by atoms with E-state index in [1.54, 1.807) is 25.6 Å². The number of non-ortho nitro benzene ring substituents is 1. The van der Waals surface area contributed by atoms with Crippen molar-refractivity contribution >= 4 is 45.4 Å². The van der Waals surface area contributed by atoms with Gasteiger partial charge in [0.25, 0.3) is 5.69 Å². The fourth-order valence-electron chi connectivity index (χ4n) is 3.47. The largest absolute Gasteiger partial charge is 0.493 e. The van der Waals surface area contributed by atoms with Gasteiger partial charge in [-0.25, -0.2) is 4.98 Å². The third-order valence-corrected chi connectivity index (χ3v) is 5.94. The zero-order valence-corrected chi connectivity index (χ0v) is 20.3. The molecule has 9 heteroatoms. The second-order valence-electron chi connectivity index (χ2n) is 7.39. The van der Waals surface area contributed by atoms with E-state index in [0.717, 1.165) is 25.7 Å². The summed E-state index contributed by atoms with van der Waals surface area (Å²) in [6.45, 7) is 0.630. The van der Waals surface area contributed by atoms with Crippen molar-refractivity contribution in [3.8, 4) is 17.6 Å². The highest BCUT2D eigenvalue weighted by molar-refractivity contribution is 14.1. The summed E-state index contributed by atoms with van der Waals surface area (Å²) in [7, 11) is 1.56. The minimum absolute atomic E-state index is 0.0315. The van der Waals surface area contributed by atoms with E-state index in [0.29, 0.717) is 23.6 Å². The molecule has 0 radical (unpaired) electrons. The second kappa shape index (κ2) is 10.4. The summed E-state index contributed by atoms with van der Waals surface area (Å²) in [5.41, 5.74) is 4.05. The molecule has 0 N–H and O–H groups in total. The smallest absolute Gasteiger partial charge is 0.269 e. The summed E-state index contributed by atoms with van der Waals surface area (Å²) < 4.78 is 14.3. The summed E-state index contributed by atoms with van der Waals surface area (Å²) in [6, 6.07) is 20.0. The van der Waals surface area contributed by atoms with Crippen LogP contribution in [-0.2, 0) is 13.2 Å². The van der Waals surface area contributed by atoms with Gasteiger partial charge in [-0.2, -0.15) is 5.26 Å². The molecule has 4 rings (SSSR count). The van der Waals surface area contributed by atoms with Crippen LogP contribution in [0.4, 0.5) is 5.69 Å². The van der Waals surface area contributed by atoms with Gasteiger partial charge in [0.15, 0.2) is 11.5 Å². The monoisotopic (exact) mass is 566 g/mol. The highest BCUT2D eigenvalue weighted by atomic mass is 127. The summed E-state index contributed by atoms with van der Waals surface area (Å²) >= 11 is 2.16. The molecule has 0 saturated heterocycles. The third kappa shape index (κ3) is 5.18. The van der Waals surface area contributed by atoms with Crippen molar-refractivity contribution in [2.45, 2.75) is 13.2 Å². The van der Waals surface area contributed by atoms with Gasteiger partial charge >= 0.3 is 0 Å². The number of nitro benzene ring substituents is 1. The maximum absolute atomic E-state index is 10.8.